The van der Waals surface area contributed by atoms with Crippen LogP contribution in [0.25, 0.3) is 0 Å². The van der Waals surface area contributed by atoms with E-state index in [-0.39, 0.29) is 5.91 Å². The first kappa shape index (κ1) is 16.4. The molecular formula is C15H18BrNO3S. The minimum absolute atomic E-state index is 0.00675. The lowest BCUT2D eigenvalue weighted by Gasteiger charge is -2.20. The number of likely N-dealkylation sites (tertiary alicyclic amines) is 1. The van der Waals surface area contributed by atoms with Gasteiger partial charge in [-0.1, -0.05) is 15.9 Å². The number of aryl methyl sites for hydroxylation is 1. The molecule has 1 aromatic rings. The normalized spacial score (nSPS) is 21.6. The van der Waals surface area contributed by atoms with Crippen molar-refractivity contribution in [3.63, 3.8) is 0 Å². The highest BCUT2D eigenvalue weighted by Crippen LogP contribution is 2.31. The number of benzene rings is 1. The van der Waals surface area contributed by atoms with Gasteiger partial charge in [-0.25, -0.2) is 0 Å². The third-order valence-electron chi connectivity index (χ3n) is 3.83. The van der Waals surface area contributed by atoms with Crippen LogP contribution in [0.15, 0.2) is 27.6 Å². The van der Waals surface area contributed by atoms with Gasteiger partial charge in [-0.05, 0) is 44.0 Å². The maximum Gasteiger partial charge on any atom is 0.311 e. The summed E-state index contributed by atoms with van der Waals surface area (Å²) in [7, 11) is 0. The molecule has 4 nitrogen and oxygen atoms in total. The highest BCUT2D eigenvalue weighted by molar-refractivity contribution is 9.10. The number of aliphatic carboxylic acids is 1. The van der Waals surface area contributed by atoms with E-state index in [4.69, 9.17) is 0 Å². The van der Waals surface area contributed by atoms with Crippen LogP contribution in [0.2, 0.25) is 0 Å². The summed E-state index contributed by atoms with van der Waals surface area (Å²) in [5.41, 5.74) is 0.326. The molecule has 21 heavy (non-hydrogen) atoms. The number of hydrogen-bond donors (Lipinski definition) is 1. The average molecular weight is 372 g/mol. The van der Waals surface area contributed by atoms with Gasteiger partial charge < -0.3 is 10.0 Å². The first-order valence-electron chi connectivity index (χ1n) is 6.72. The molecule has 0 aliphatic carbocycles. The Morgan fingerprint density at radius 2 is 2.19 bits per heavy atom. The number of carbonyl (C=O) groups excluding carboxylic acids is 1. The molecular weight excluding hydrogens is 354 g/mol. The zero-order valence-corrected chi connectivity index (χ0v) is 14.5. The van der Waals surface area contributed by atoms with Crippen molar-refractivity contribution in [2.75, 3.05) is 18.8 Å². The van der Waals surface area contributed by atoms with Gasteiger partial charge in [0, 0.05) is 22.5 Å². The number of amides is 1. The van der Waals surface area contributed by atoms with Crippen molar-refractivity contribution in [3.8, 4) is 0 Å². The van der Waals surface area contributed by atoms with E-state index in [9.17, 15) is 14.7 Å². The number of hydrogen-bond acceptors (Lipinski definition) is 3. The number of thioether (sulfide) groups is 1. The van der Waals surface area contributed by atoms with Crippen molar-refractivity contribution in [3.05, 3.63) is 28.2 Å². The average Bonchev–Trinajstić information content (AvgIpc) is 2.82. The highest BCUT2D eigenvalue weighted by atomic mass is 79.9. The van der Waals surface area contributed by atoms with Crippen LogP contribution in [0.3, 0.4) is 0 Å². The van der Waals surface area contributed by atoms with Crippen molar-refractivity contribution in [1.82, 2.24) is 4.90 Å². The van der Waals surface area contributed by atoms with Crippen molar-refractivity contribution in [2.45, 2.75) is 25.2 Å². The van der Waals surface area contributed by atoms with Crippen LogP contribution in [0.5, 0.6) is 0 Å². The minimum atomic E-state index is -0.825. The monoisotopic (exact) mass is 371 g/mol. The molecule has 1 saturated heterocycles. The Morgan fingerprint density at radius 1 is 1.48 bits per heavy atom. The highest BCUT2D eigenvalue weighted by Gasteiger charge is 2.41. The van der Waals surface area contributed by atoms with Gasteiger partial charge in [0.1, 0.15) is 0 Å². The third-order valence-corrected chi connectivity index (χ3v) is 5.48. The molecule has 1 fully saturated rings. The molecule has 114 valence electrons. The van der Waals surface area contributed by atoms with Crippen LogP contribution < -0.4 is 0 Å². The maximum atomic E-state index is 12.2. The lowest BCUT2D eigenvalue weighted by atomic mass is 9.90. The smallest absolute Gasteiger partial charge is 0.311 e. The molecule has 1 aliphatic heterocycles. The molecule has 0 saturated carbocycles. The van der Waals surface area contributed by atoms with Gasteiger partial charge in [0.15, 0.2) is 0 Å². The molecule has 0 spiro atoms. The van der Waals surface area contributed by atoms with Gasteiger partial charge in [0.25, 0.3) is 0 Å². The Kier molecular flexibility index (Phi) is 4.99. The number of carboxylic acid groups (broad SMARTS) is 1. The summed E-state index contributed by atoms with van der Waals surface area (Å²) in [4.78, 5) is 26.1. The Balaban J connectivity index is 1.93. The summed E-state index contributed by atoms with van der Waals surface area (Å²) in [6.07, 6.45) is 0.524. The van der Waals surface area contributed by atoms with Crippen LogP contribution in [0.1, 0.15) is 18.9 Å². The zero-order chi connectivity index (χ0) is 15.6. The number of nitrogens with zero attached hydrogens (tertiary/aromatic N) is 1. The molecule has 1 N–H and O–H groups in total. The molecule has 0 radical (unpaired) electrons. The predicted octanol–water partition coefficient (Wildman–Crippen LogP) is 3.17. The van der Waals surface area contributed by atoms with Gasteiger partial charge in [0.2, 0.25) is 5.91 Å². The van der Waals surface area contributed by atoms with Gasteiger partial charge in [-0.15, -0.1) is 11.8 Å². The summed E-state index contributed by atoms with van der Waals surface area (Å²) in [6.45, 7) is 4.55. The van der Waals surface area contributed by atoms with E-state index in [0.29, 0.717) is 25.3 Å². The Labute approximate surface area is 137 Å². The number of carbonyl (C=O) groups is 2. The molecule has 0 bridgehead atoms. The van der Waals surface area contributed by atoms with Crippen molar-refractivity contribution in [2.24, 2.45) is 5.41 Å². The molecule has 1 aromatic carbocycles. The molecule has 0 aromatic heterocycles. The molecule has 1 amide bonds. The van der Waals surface area contributed by atoms with Gasteiger partial charge in [-0.3, -0.25) is 9.59 Å². The van der Waals surface area contributed by atoms with E-state index in [1.165, 1.54) is 11.8 Å². The summed E-state index contributed by atoms with van der Waals surface area (Å²) >= 11 is 4.92. The maximum absolute atomic E-state index is 12.2. The lowest BCUT2D eigenvalue weighted by molar-refractivity contribution is -0.147. The molecule has 6 heteroatoms. The largest absolute Gasteiger partial charge is 0.481 e. The predicted molar refractivity (Wildman–Crippen MR) is 86.5 cm³/mol. The van der Waals surface area contributed by atoms with Crippen LogP contribution in [-0.2, 0) is 9.59 Å². The summed E-state index contributed by atoms with van der Waals surface area (Å²) in [6, 6.07) is 5.96. The lowest BCUT2D eigenvalue weighted by Crippen LogP contribution is -2.35. The second kappa shape index (κ2) is 6.40. The minimum Gasteiger partial charge on any atom is -0.481 e. The Bertz CT molecular complexity index is 578. The quantitative estimate of drug-likeness (QED) is 0.825. The first-order valence-corrected chi connectivity index (χ1v) is 8.50. The van der Waals surface area contributed by atoms with E-state index in [2.05, 4.69) is 15.9 Å². The third kappa shape index (κ3) is 3.80. The summed E-state index contributed by atoms with van der Waals surface area (Å²) in [5.74, 6) is -0.473. The van der Waals surface area contributed by atoms with Crippen LogP contribution in [0, 0.1) is 12.3 Å². The van der Waals surface area contributed by atoms with Crippen molar-refractivity contribution in [1.29, 1.82) is 0 Å². The zero-order valence-electron chi connectivity index (χ0n) is 12.1. The molecule has 1 heterocycles. The number of halogens is 1. The van der Waals surface area contributed by atoms with Crippen LogP contribution in [-0.4, -0.2) is 40.7 Å². The SMILES string of the molecule is Cc1cc(Br)ccc1SCC(=O)N1CCC(C)(C(=O)O)C1. The Morgan fingerprint density at radius 3 is 2.76 bits per heavy atom. The fourth-order valence-corrected chi connectivity index (χ4v) is 3.74. The topological polar surface area (TPSA) is 57.6 Å². The first-order chi connectivity index (χ1) is 9.82. The van der Waals surface area contributed by atoms with Crippen molar-refractivity contribution >= 4 is 39.6 Å². The summed E-state index contributed by atoms with van der Waals surface area (Å²) in [5, 5.41) is 9.19. The van der Waals surface area contributed by atoms with Gasteiger partial charge in [0.05, 0.1) is 11.2 Å². The molecule has 1 aliphatic rings. The van der Waals surface area contributed by atoms with Gasteiger partial charge in [-0.2, -0.15) is 0 Å². The number of carboxylic acids is 1. The van der Waals surface area contributed by atoms with E-state index in [1.54, 1.807) is 11.8 Å². The van der Waals surface area contributed by atoms with E-state index < -0.39 is 11.4 Å². The fourth-order valence-electron chi connectivity index (χ4n) is 2.35. The fraction of sp³-hybridized carbons (Fsp3) is 0.467. The van der Waals surface area contributed by atoms with Gasteiger partial charge >= 0.3 is 5.97 Å². The molecule has 1 atom stereocenters. The summed E-state index contributed by atoms with van der Waals surface area (Å²) < 4.78 is 1.02. The van der Waals surface area contributed by atoms with E-state index >= 15 is 0 Å². The Hall–Kier alpha value is -1.01. The standard InChI is InChI=1S/C15H18BrNO3S/c1-10-7-11(16)3-4-12(10)21-8-13(18)17-6-5-15(2,9-17)14(19)20/h3-4,7H,5-6,8-9H2,1-2H3,(H,19,20). The van der Waals surface area contributed by atoms with E-state index in [0.717, 1.165) is 14.9 Å². The molecule has 2 rings (SSSR count). The van der Waals surface area contributed by atoms with Crippen molar-refractivity contribution < 1.29 is 14.7 Å². The van der Waals surface area contributed by atoms with Crippen LogP contribution >= 0.6 is 27.7 Å². The second-order valence-electron chi connectivity index (χ2n) is 5.63. The van der Waals surface area contributed by atoms with E-state index in [1.807, 2.05) is 25.1 Å². The number of rotatable bonds is 4. The van der Waals surface area contributed by atoms with Crippen LogP contribution in [0.4, 0.5) is 0 Å². The molecule has 1 unspecified atom stereocenters. The second-order valence-corrected chi connectivity index (χ2v) is 7.56.